The Morgan fingerprint density at radius 2 is 1.50 bits per heavy atom. The molecule has 0 amide bonds. The fourth-order valence-electron chi connectivity index (χ4n) is 2.53. The molecule has 0 radical (unpaired) electrons. The van der Waals surface area contributed by atoms with Crippen LogP contribution in [-0.2, 0) is 0 Å². The van der Waals surface area contributed by atoms with E-state index in [0.717, 1.165) is 0 Å². The molecule has 0 aromatic heterocycles. The van der Waals surface area contributed by atoms with Crippen LogP contribution in [0, 0.1) is 0 Å². The normalized spacial score (nSPS) is 17.7. The molecule has 1 atom stereocenters. The number of hydrogen-bond acceptors (Lipinski definition) is 0. The summed E-state index contributed by atoms with van der Waals surface area (Å²) in [6.07, 6.45) is 19.3. The second-order valence-corrected chi connectivity index (χ2v) is 5.15. The minimum absolute atomic E-state index is 0. The standard InChI is InChI=1S/C16H29N.ClH/c1-3-5-6-7-8-9-10-11-14-17-15-12-13-16(17)4-2;/h12-13,15H,3-11,14H2,1-2H3;1H. The SMILES string of the molecule is CCCCCCCCCC[NH+]1C=CC=C1CC.[Cl-]. The lowest BCUT2D eigenvalue weighted by Gasteiger charge is -2.12. The van der Waals surface area contributed by atoms with Gasteiger partial charge in [-0.2, -0.15) is 0 Å². The van der Waals surface area contributed by atoms with Gasteiger partial charge < -0.3 is 12.4 Å². The molecule has 0 fully saturated rings. The molecule has 1 aliphatic heterocycles. The molecule has 0 saturated carbocycles. The van der Waals surface area contributed by atoms with E-state index in [-0.39, 0.29) is 12.4 Å². The van der Waals surface area contributed by atoms with Gasteiger partial charge in [0.15, 0.2) is 0 Å². The minimum atomic E-state index is 0. The average Bonchev–Trinajstić information content (AvgIpc) is 2.80. The van der Waals surface area contributed by atoms with E-state index in [1.807, 2.05) is 0 Å². The van der Waals surface area contributed by atoms with Gasteiger partial charge in [0.05, 0.1) is 12.7 Å². The van der Waals surface area contributed by atoms with Crippen molar-refractivity contribution >= 4 is 0 Å². The summed E-state index contributed by atoms with van der Waals surface area (Å²) in [6.45, 7) is 5.84. The third-order valence-electron chi connectivity index (χ3n) is 3.69. The van der Waals surface area contributed by atoms with Gasteiger partial charge in [-0.15, -0.1) is 0 Å². The van der Waals surface area contributed by atoms with Crippen molar-refractivity contribution in [3.63, 3.8) is 0 Å². The van der Waals surface area contributed by atoms with Crippen LogP contribution in [0.1, 0.15) is 71.6 Å². The minimum Gasteiger partial charge on any atom is -1.00 e. The Morgan fingerprint density at radius 3 is 2.11 bits per heavy atom. The quantitative estimate of drug-likeness (QED) is 0.562. The van der Waals surface area contributed by atoms with Crippen LogP contribution in [0.5, 0.6) is 0 Å². The Kier molecular flexibility index (Phi) is 11.6. The zero-order valence-electron chi connectivity index (χ0n) is 12.2. The molecule has 1 rings (SSSR count). The molecule has 0 saturated heterocycles. The Labute approximate surface area is 120 Å². The summed E-state index contributed by atoms with van der Waals surface area (Å²) in [7, 11) is 0. The summed E-state index contributed by atoms with van der Waals surface area (Å²) in [5.41, 5.74) is 1.56. The number of quaternary nitrogens is 1. The number of nitrogens with one attached hydrogen (secondary N) is 1. The number of rotatable bonds is 10. The van der Waals surface area contributed by atoms with Gasteiger partial charge in [0, 0.05) is 12.5 Å². The molecular weight excluding hydrogens is 242 g/mol. The first-order valence-corrected chi connectivity index (χ1v) is 7.62. The zero-order chi connectivity index (χ0) is 12.3. The van der Waals surface area contributed by atoms with Crippen molar-refractivity contribution in [3.8, 4) is 0 Å². The Bertz CT molecular complexity index is 245. The smallest absolute Gasteiger partial charge is 0.112 e. The highest BCUT2D eigenvalue weighted by Gasteiger charge is 2.13. The van der Waals surface area contributed by atoms with E-state index in [4.69, 9.17) is 0 Å². The summed E-state index contributed by atoms with van der Waals surface area (Å²) in [4.78, 5) is 1.60. The lowest BCUT2D eigenvalue weighted by Crippen LogP contribution is -3.04. The van der Waals surface area contributed by atoms with Gasteiger partial charge in [-0.1, -0.05) is 52.4 Å². The van der Waals surface area contributed by atoms with Crippen LogP contribution in [0.4, 0.5) is 0 Å². The van der Waals surface area contributed by atoms with Crippen LogP contribution < -0.4 is 17.3 Å². The van der Waals surface area contributed by atoms with Crippen LogP contribution in [0.15, 0.2) is 24.0 Å². The Hall–Kier alpha value is -0.270. The predicted octanol–water partition coefficient (Wildman–Crippen LogP) is 0.837. The molecule has 1 N–H and O–H groups in total. The summed E-state index contributed by atoms with van der Waals surface area (Å²) in [5.74, 6) is 0. The lowest BCUT2D eigenvalue weighted by molar-refractivity contribution is -0.804. The van der Waals surface area contributed by atoms with E-state index in [1.165, 1.54) is 64.3 Å². The van der Waals surface area contributed by atoms with E-state index in [1.54, 1.807) is 10.6 Å². The topological polar surface area (TPSA) is 4.44 Å². The van der Waals surface area contributed by atoms with Crippen molar-refractivity contribution in [3.05, 3.63) is 24.0 Å². The fourth-order valence-corrected chi connectivity index (χ4v) is 2.53. The van der Waals surface area contributed by atoms with Gasteiger partial charge >= 0.3 is 0 Å². The Morgan fingerprint density at radius 1 is 0.889 bits per heavy atom. The third kappa shape index (κ3) is 7.23. The molecule has 0 bridgehead atoms. The molecule has 0 spiro atoms. The van der Waals surface area contributed by atoms with E-state index in [2.05, 4.69) is 32.2 Å². The van der Waals surface area contributed by atoms with Crippen LogP contribution in [0.3, 0.4) is 0 Å². The van der Waals surface area contributed by atoms with Crippen LogP contribution in [0.2, 0.25) is 0 Å². The molecular formula is C16H30ClN. The van der Waals surface area contributed by atoms with E-state index in [9.17, 15) is 0 Å². The highest BCUT2D eigenvalue weighted by molar-refractivity contribution is 5.09. The van der Waals surface area contributed by atoms with E-state index >= 15 is 0 Å². The summed E-state index contributed by atoms with van der Waals surface area (Å²) in [5, 5.41) is 0. The van der Waals surface area contributed by atoms with Crippen molar-refractivity contribution in [2.45, 2.75) is 71.6 Å². The molecule has 1 heterocycles. The first-order valence-electron chi connectivity index (χ1n) is 7.62. The average molecular weight is 272 g/mol. The van der Waals surface area contributed by atoms with Gasteiger partial charge in [0.2, 0.25) is 0 Å². The number of unbranched alkanes of at least 4 members (excludes halogenated alkanes) is 7. The summed E-state index contributed by atoms with van der Waals surface area (Å²) < 4.78 is 0. The van der Waals surface area contributed by atoms with Gasteiger partial charge in [-0.05, 0) is 18.9 Å². The molecule has 106 valence electrons. The first kappa shape index (κ1) is 17.7. The number of allylic oxidation sites excluding steroid dienone is 3. The van der Waals surface area contributed by atoms with Crippen molar-refractivity contribution in [1.29, 1.82) is 0 Å². The number of hydrogen-bond donors (Lipinski definition) is 1. The maximum absolute atomic E-state index is 2.31. The molecule has 1 nitrogen and oxygen atoms in total. The van der Waals surface area contributed by atoms with Crippen LogP contribution in [-0.4, -0.2) is 6.54 Å². The third-order valence-corrected chi connectivity index (χ3v) is 3.69. The van der Waals surface area contributed by atoms with Gasteiger partial charge in [0.1, 0.15) is 5.70 Å². The van der Waals surface area contributed by atoms with Crippen LogP contribution >= 0.6 is 0 Å². The maximum Gasteiger partial charge on any atom is 0.112 e. The predicted molar refractivity (Wildman–Crippen MR) is 76.0 cm³/mol. The first-order chi connectivity index (χ1) is 8.38. The molecule has 0 aromatic rings. The summed E-state index contributed by atoms with van der Waals surface area (Å²) >= 11 is 0. The molecule has 1 aliphatic rings. The van der Waals surface area contributed by atoms with Gasteiger partial charge in [-0.25, -0.2) is 0 Å². The molecule has 2 heteroatoms. The van der Waals surface area contributed by atoms with Crippen molar-refractivity contribution in [1.82, 2.24) is 0 Å². The highest BCUT2D eigenvalue weighted by Crippen LogP contribution is 2.08. The zero-order valence-corrected chi connectivity index (χ0v) is 12.9. The van der Waals surface area contributed by atoms with Crippen molar-refractivity contribution in [2.24, 2.45) is 0 Å². The maximum atomic E-state index is 2.31. The molecule has 1 unspecified atom stereocenters. The lowest BCUT2D eigenvalue weighted by atomic mass is 10.1. The summed E-state index contributed by atoms with van der Waals surface area (Å²) in [6, 6.07) is 0. The van der Waals surface area contributed by atoms with Crippen molar-refractivity contribution < 1.29 is 17.3 Å². The highest BCUT2D eigenvalue weighted by atomic mass is 35.5. The Balaban J connectivity index is 0.00000289. The van der Waals surface area contributed by atoms with Crippen LogP contribution in [0.25, 0.3) is 0 Å². The second kappa shape index (κ2) is 11.8. The van der Waals surface area contributed by atoms with Gasteiger partial charge in [-0.3, -0.25) is 4.90 Å². The fraction of sp³-hybridized carbons (Fsp3) is 0.750. The van der Waals surface area contributed by atoms with Crippen molar-refractivity contribution in [2.75, 3.05) is 6.54 Å². The van der Waals surface area contributed by atoms with E-state index < -0.39 is 0 Å². The monoisotopic (exact) mass is 271 g/mol. The number of halogens is 1. The molecule has 18 heavy (non-hydrogen) atoms. The second-order valence-electron chi connectivity index (χ2n) is 5.15. The molecule has 0 aromatic carbocycles. The molecule has 0 aliphatic carbocycles. The van der Waals surface area contributed by atoms with E-state index in [0.29, 0.717) is 0 Å². The largest absolute Gasteiger partial charge is 1.00 e. The van der Waals surface area contributed by atoms with Gasteiger partial charge in [0.25, 0.3) is 0 Å².